The SMILES string of the molecule is CCCC1(C)CC(C)(C)c2cc(C)cc([P+](c3ccccc3)(c3ccccc3)C(C)[C@H](N)CO)c21. The molecule has 1 aliphatic carbocycles. The third kappa shape index (κ3) is 4.29. The van der Waals surface area contributed by atoms with Gasteiger partial charge in [0, 0.05) is 5.56 Å². The molecule has 0 radical (unpaired) electrons. The lowest BCUT2D eigenvalue weighted by Gasteiger charge is -2.39. The number of rotatable bonds is 8. The number of aliphatic hydroxyl groups is 1. The molecule has 3 aromatic carbocycles. The van der Waals surface area contributed by atoms with Crippen molar-refractivity contribution >= 4 is 23.2 Å². The number of nitrogens with two attached hydrogens (primary N) is 1. The molecule has 2 nitrogen and oxygen atoms in total. The van der Waals surface area contributed by atoms with Crippen molar-refractivity contribution < 1.29 is 5.11 Å². The van der Waals surface area contributed by atoms with Crippen LogP contribution < -0.4 is 21.6 Å². The van der Waals surface area contributed by atoms with E-state index in [-0.39, 0.29) is 29.1 Å². The molecular weight excluding hydrogens is 445 g/mol. The minimum absolute atomic E-state index is 0.0195. The maximum Gasteiger partial charge on any atom is 0.116 e. The summed E-state index contributed by atoms with van der Waals surface area (Å²) < 4.78 is 0. The van der Waals surface area contributed by atoms with Crippen LogP contribution in [-0.4, -0.2) is 23.4 Å². The van der Waals surface area contributed by atoms with Gasteiger partial charge in [-0.1, -0.05) is 76.6 Å². The predicted molar refractivity (Wildman–Crippen MR) is 154 cm³/mol. The first-order valence-corrected chi connectivity index (χ1v) is 15.0. The van der Waals surface area contributed by atoms with Gasteiger partial charge in [0.25, 0.3) is 0 Å². The Morgan fingerprint density at radius 1 is 0.943 bits per heavy atom. The van der Waals surface area contributed by atoms with Gasteiger partial charge in [0.05, 0.1) is 18.3 Å². The highest BCUT2D eigenvalue weighted by Gasteiger charge is 2.57. The van der Waals surface area contributed by atoms with E-state index in [0.29, 0.717) is 0 Å². The van der Waals surface area contributed by atoms with Crippen LogP contribution in [0.4, 0.5) is 0 Å². The molecule has 3 atom stereocenters. The minimum Gasteiger partial charge on any atom is -0.395 e. The molecule has 0 fully saturated rings. The van der Waals surface area contributed by atoms with E-state index in [4.69, 9.17) is 5.73 Å². The smallest absolute Gasteiger partial charge is 0.116 e. The fourth-order valence-corrected chi connectivity index (χ4v) is 12.4. The molecule has 2 unspecified atom stereocenters. The van der Waals surface area contributed by atoms with Crippen LogP contribution in [0.15, 0.2) is 72.8 Å². The number of hydrogen-bond donors (Lipinski definition) is 2. The summed E-state index contributed by atoms with van der Waals surface area (Å²) >= 11 is 0. The second-order valence-corrected chi connectivity index (χ2v) is 15.3. The van der Waals surface area contributed by atoms with E-state index in [1.807, 2.05) is 0 Å². The average molecular weight is 489 g/mol. The van der Waals surface area contributed by atoms with Gasteiger partial charge in [-0.2, -0.15) is 0 Å². The minimum atomic E-state index is -2.23. The molecule has 0 saturated carbocycles. The third-order valence-corrected chi connectivity index (χ3v) is 13.3. The summed E-state index contributed by atoms with van der Waals surface area (Å²) in [6.07, 6.45) is 3.49. The number of aryl methyl sites for hydroxylation is 1. The van der Waals surface area contributed by atoms with Crippen molar-refractivity contribution in [3.05, 3.63) is 89.5 Å². The quantitative estimate of drug-likeness (QED) is 0.398. The van der Waals surface area contributed by atoms with Crippen molar-refractivity contribution in [1.82, 2.24) is 0 Å². The Kier molecular flexibility index (Phi) is 7.31. The van der Waals surface area contributed by atoms with Crippen LogP contribution in [-0.2, 0) is 10.8 Å². The van der Waals surface area contributed by atoms with Gasteiger partial charge in [-0.25, -0.2) is 0 Å². The topological polar surface area (TPSA) is 46.2 Å². The molecule has 186 valence electrons. The lowest BCUT2D eigenvalue weighted by Crippen LogP contribution is -2.49. The van der Waals surface area contributed by atoms with Crippen molar-refractivity contribution in [2.24, 2.45) is 5.73 Å². The Balaban J connectivity index is 2.22. The Bertz CT molecular complexity index is 1120. The highest BCUT2D eigenvalue weighted by Crippen LogP contribution is 2.64. The first-order valence-electron chi connectivity index (χ1n) is 13.1. The lowest BCUT2D eigenvalue weighted by atomic mass is 9.77. The van der Waals surface area contributed by atoms with Gasteiger partial charge < -0.3 is 10.8 Å². The molecule has 0 aliphatic heterocycles. The maximum atomic E-state index is 10.3. The Hall–Kier alpha value is -1.99. The number of benzene rings is 3. The van der Waals surface area contributed by atoms with Gasteiger partial charge in [-0.05, 0) is 79.0 Å². The second-order valence-electron chi connectivity index (χ2n) is 11.6. The molecule has 1 aliphatic rings. The highest BCUT2D eigenvalue weighted by molar-refractivity contribution is 7.96. The van der Waals surface area contributed by atoms with E-state index in [1.54, 1.807) is 5.56 Å². The summed E-state index contributed by atoms with van der Waals surface area (Å²) in [4.78, 5) is 0. The van der Waals surface area contributed by atoms with E-state index in [9.17, 15) is 5.11 Å². The van der Waals surface area contributed by atoms with E-state index in [2.05, 4.69) is 114 Å². The van der Waals surface area contributed by atoms with Gasteiger partial charge in [0.1, 0.15) is 23.2 Å². The van der Waals surface area contributed by atoms with E-state index >= 15 is 0 Å². The number of fused-ring (bicyclic) bond motifs is 1. The van der Waals surface area contributed by atoms with Gasteiger partial charge >= 0.3 is 0 Å². The van der Waals surface area contributed by atoms with E-state index in [1.165, 1.54) is 33.5 Å². The monoisotopic (exact) mass is 488 g/mol. The maximum absolute atomic E-state index is 10.3. The molecule has 0 aromatic heterocycles. The summed E-state index contributed by atoms with van der Waals surface area (Å²) in [5.74, 6) is 0. The first kappa shape index (κ1) is 26.1. The van der Waals surface area contributed by atoms with Crippen LogP contribution in [0.2, 0.25) is 0 Å². The molecular formula is C32H43NOP+. The molecule has 3 heteroatoms. The molecule has 0 heterocycles. The van der Waals surface area contributed by atoms with Crippen LogP contribution in [0.25, 0.3) is 0 Å². The zero-order valence-corrected chi connectivity index (χ0v) is 23.3. The zero-order valence-electron chi connectivity index (χ0n) is 22.4. The molecule has 0 spiro atoms. The molecule has 0 saturated heterocycles. The van der Waals surface area contributed by atoms with Gasteiger partial charge in [-0.15, -0.1) is 0 Å². The molecule has 4 rings (SSSR count). The second kappa shape index (κ2) is 9.81. The van der Waals surface area contributed by atoms with Crippen molar-refractivity contribution in [3.8, 4) is 0 Å². The van der Waals surface area contributed by atoms with Crippen LogP contribution in [0, 0.1) is 6.92 Å². The summed E-state index contributed by atoms with van der Waals surface area (Å²) in [5.41, 5.74) is 11.4. The molecule has 35 heavy (non-hydrogen) atoms. The third-order valence-electron chi connectivity index (χ3n) is 8.38. The number of hydrogen-bond acceptors (Lipinski definition) is 2. The van der Waals surface area contributed by atoms with Crippen molar-refractivity contribution in [3.63, 3.8) is 0 Å². The van der Waals surface area contributed by atoms with Crippen LogP contribution in [0.1, 0.15) is 70.6 Å². The molecule has 3 aromatic rings. The fraction of sp³-hybridized carbons (Fsp3) is 0.438. The fourth-order valence-electron chi connectivity index (χ4n) is 7.02. The summed E-state index contributed by atoms with van der Waals surface area (Å²) in [6.45, 7) is 14.1. The van der Waals surface area contributed by atoms with Crippen molar-refractivity contribution in [1.29, 1.82) is 0 Å². The standard InChI is InChI=1S/C32H43NOP/c1-7-18-32(6)22-31(4,5)27-19-23(2)20-29(30(27)32)35(24(3)28(33)21-34,25-14-10-8-11-15-25)26-16-12-9-13-17-26/h8-17,19-20,24,28,34H,7,18,21-22,33H2,1-6H3/q+1/t24?,28-,32?/m1/s1. The van der Waals surface area contributed by atoms with Gasteiger partial charge in [-0.3, -0.25) is 0 Å². The van der Waals surface area contributed by atoms with Gasteiger partial charge in [0.15, 0.2) is 0 Å². The summed E-state index contributed by atoms with van der Waals surface area (Å²) in [5, 5.41) is 14.5. The lowest BCUT2D eigenvalue weighted by molar-refractivity contribution is 0.265. The first-order chi connectivity index (χ1) is 16.6. The average Bonchev–Trinajstić information content (AvgIpc) is 3.04. The van der Waals surface area contributed by atoms with Crippen LogP contribution >= 0.6 is 7.26 Å². The van der Waals surface area contributed by atoms with Crippen LogP contribution in [0.3, 0.4) is 0 Å². The Morgan fingerprint density at radius 2 is 1.49 bits per heavy atom. The zero-order chi connectivity index (χ0) is 25.4. The van der Waals surface area contributed by atoms with Gasteiger partial charge in [0.2, 0.25) is 0 Å². The highest BCUT2D eigenvalue weighted by atomic mass is 31.2. The van der Waals surface area contributed by atoms with Crippen LogP contribution in [0.5, 0.6) is 0 Å². The summed E-state index contributed by atoms with van der Waals surface area (Å²) in [7, 11) is -2.23. The Morgan fingerprint density at radius 3 is 1.97 bits per heavy atom. The van der Waals surface area contributed by atoms with E-state index in [0.717, 1.165) is 12.8 Å². The number of aliphatic hydroxyl groups excluding tert-OH is 1. The summed E-state index contributed by atoms with van der Waals surface area (Å²) in [6, 6.07) is 26.7. The normalized spacial score (nSPS) is 20.9. The largest absolute Gasteiger partial charge is 0.395 e. The van der Waals surface area contributed by atoms with Crippen molar-refractivity contribution in [2.45, 2.75) is 83.3 Å². The molecule has 3 N–H and O–H groups in total. The van der Waals surface area contributed by atoms with Crippen molar-refractivity contribution in [2.75, 3.05) is 6.61 Å². The predicted octanol–water partition coefficient (Wildman–Crippen LogP) is 5.74. The Labute approximate surface area is 213 Å². The van der Waals surface area contributed by atoms with E-state index < -0.39 is 7.26 Å². The molecule has 0 amide bonds. The molecule has 0 bridgehead atoms.